The number of fused-ring (bicyclic) bond motifs is 1. The van der Waals surface area contributed by atoms with Crippen molar-refractivity contribution in [2.24, 2.45) is 5.73 Å². The second-order valence-corrected chi connectivity index (χ2v) is 4.93. The van der Waals surface area contributed by atoms with Crippen LogP contribution in [0.15, 0.2) is 36.4 Å². The molecule has 0 spiro atoms. The first kappa shape index (κ1) is 12.9. The van der Waals surface area contributed by atoms with E-state index in [0.717, 1.165) is 6.07 Å². The molecule has 0 radical (unpaired) electrons. The lowest BCUT2D eigenvalue weighted by Gasteiger charge is -2.23. The van der Waals surface area contributed by atoms with Gasteiger partial charge in [-0.3, -0.25) is 0 Å². The number of hydrogen-bond acceptors (Lipinski definition) is 1. The summed E-state index contributed by atoms with van der Waals surface area (Å²) in [6.07, 6.45) is -4.37. The van der Waals surface area contributed by atoms with Gasteiger partial charge in [-0.15, -0.1) is 0 Å². The fourth-order valence-electron chi connectivity index (χ4n) is 2.11. The Morgan fingerprint density at radius 1 is 0.889 bits per heavy atom. The number of halogens is 3. The summed E-state index contributed by atoms with van der Waals surface area (Å²) in [6.45, 7) is 3.41. The van der Waals surface area contributed by atoms with Crippen LogP contribution in [0.5, 0.6) is 0 Å². The standard InChI is InChI=1S/C14H14F3N/c1-13(2,18)10-7-3-5-9-6-4-8-11(12(9)10)14(15,16)17/h3-8H,18H2,1-2H3. The monoisotopic (exact) mass is 253 g/mol. The highest BCUT2D eigenvalue weighted by molar-refractivity contribution is 5.90. The van der Waals surface area contributed by atoms with Crippen molar-refractivity contribution >= 4 is 10.8 Å². The maximum absolute atomic E-state index is 13.0. The summed E-state index contributed by atoms with van der Waals surface area (Å²) in [7, 11) is 0. The molecule has 0 aromatic heterocycles. The van der Waals surface area contributed by atoms with Gasteiger partial charge in [0.25, 0.3) is 0 Å². The van der Waals surface area contributed by atoms with Crippen molar-refractivity contribution in [3.8, 4) is 0 Å². The van der Waals surface area contributed by atoms with E-state index in [2.05, 4.69) is 0 Å². The number of alkyl halides is 3. The van der Waals surface area contributed by atoms with Gasteiger partial charge in [0.05, 0.1) is 5.56 Å². The van der Waals surface area contributed by atoms with Gasteiger partial charge >= 0.3 is 6.18 Å². The molecule has 0 aliphatic heterocycles. The molecule has 2 aromatic carbocycles. The van der Waals surface area contributed by atoms with E-state index < -0.39 is 17.3 Å². The van der Waals surface area contributed by atoms with Crippen LogP contribution in [0.1, 0.15) is 25.0 Å². The first-order valence-corrected chi connectivity index (χ1v) is 5.59. The highest BCUT2D eigenvalue weighted by Gasteiger charge is 2.34. The van der Waals surface area contributed by atoms with Crippen LogP contribution in [-0.4, -0.2) is 0 Å². The Morgan fingerprint density at radius 2 is 1.39 bits per heavy atom. The summed E-state index contributed by atoms with van der Waals surface area (Å²) in [5.41, 5.74) is 5.03. The summed E-state index contributed by atoms with van der Waals surface area (Å²) in [5, 5.41) is 0.751. The molecule has 0 fully saturated rings. The lowest BCUT2D eigenvalue weighted by Crippen LogP contribution is -2.29. The van der Waals surface area contributed by atoms with E-state index in [1.54, 1.807) is 38.1 Å². The Bertz CT molecular complexity index is 531. The number of nitrogens with two attached hydrogens (primary N) is 1. The summed E-state index contributed by atoms with van der Waals surface area (Å²) in [6, 6.07) is 9.22. The Hall–Kier alpha value is -1.55. The van der Waals surface area contributed by atoms with Crippen LogP contribution in [-0.2, 0) is 11.7 Å². The molecule has 0 atom stereocenters. The molecule has 0 bridgehead atoms. The molecule has 1 nitrogen and oxygen atoms in total. The van der Waals surface area contributed by atoms with Crippen molar-refractivity contribution in [3.63, 3.8) is 0 Å². The Kier molecular flexibility index (Phi) is 2.86. The van der Waals surface area contributed by atoms with Crippen LogP contribution in [0.3, 0.4) is 0 Å². The molecular weight excluding hydrogens is 239 g/mol. The average Bonchev–Trinajstić information content (AvgIpc) is 2.24. The van der Waals surface area contributed by atoms with Gasteiger partial charge in [-0.25, -0.2) is 0 Å². The van der Waals surface area contributed by atoms with E-state index in [1.807, 2.05) is 0 Å². The van der Waals surface area contributed by atoms with Crippen molar-refractivity contribution in [1.29, 1.82) is 0 Å². The first-order chi connectivity index (χ1) is 8.21. The molecular formula is C14H14F3N. The van der Waals surface area contributed by atoms with E-state index in [0.29, 0.717) is 10.9 Å². The Morgan fingerprint density at radius 3 is 1.83 bits per heavy atom. The van der Waals surface area contributed by atoms with Crippen LogP contribution in [0.25, 0.3) is 10.8 Å². The predicted octanol–water partition coefficient (Wildman–Crippen LogP) is 4.05. The zero-order valence-electron chi connectivity index (χ0n) is 10.2. The molecule has 0 saturated carbocycles. The molecule has 0 aliphatic rings. The molecule has 2 aromatic rings. The van der Waals surface area contributed by atoms with Gasteiger partial charge in [0.15, 0.2) is 0 Å². The zero-order chi connectivity index (χ0) is 13.6. The fraction of sp³-hybridized carbons (Fsp3) is 0.286. The van der Waals surface area contributed by atoms with Crippen LogP contribution in [0.4, 0.5) is 13.2 Å². The second kappa shape index (κ2) is 3.99. The van der Waals surface area contributed by atoms with Crippen molar-refractivity contribution in [2.75, 3.05) is 0 Å². The van der Waals surface area contributed by atoms with Crippen molar-refractivity contribution < 1.29 is 13.2 Å². The lowest BCUT2D eigenvalue weighted by molar-refractivity contribution is -0.136. The molecule has 0 amide bonds. The van der Waals surface area contributed by atoms with Gasteiger partial charge in [0.2, 0.25) is 0 Å². The number of hydrogen-bond donors (Lipinski definition) is 1. The van der Waals surface area contributed by atoms with Gasteiger partial charge < -0.3 is 5.73 Å². The third-order valence-electron chi connectivity index (χ3n) is 2.90. The molecule has 4 heteroatoms. The summed E-state index contributed by atoms with van der Waals surface area (Å²) >= 11 is 0. The highest BCUT2D eigenvalue weighted by atomic mass is 19.4. The average molecular weight is 253 g/mol. The topological polar surface area (TPSA) is 26.0 Å². The Balaban J connectivity index is 2.90. The molecule has 2 N–H and O–H groups in total. The zero-order valence-corrected chi connectivity index (χ0v) is 10.2. The maximum atomic E-state index is 13.0. The molecule has 0 aliphatic carbocycles. The van der Waals surface area contributed by atoms with Crippen molar-refractivity contribution in [2.45, 2.75) is 25.6 Å². The summed E-state index contributed by atoms with van der Waals surface area (Å²) in [5.74, 6) is 0. The quantitative estimate of drug-likeness (QED) is 0.815. The Labute approximate surface area is 103 Å². The maximum Gasteiger partial charge on any atom is 0.417 e. The highest BCUT2D eigenvalue weighted by Crippen LogP contribution is 2.38. The van der Waals surface area contributed by atoms with Crippen molar-refractivity contribution in [3.05, 3.63) is 47.5 Å². The molecule has 18 heavy (non-hydrogen) atoms. The molecule has 0 heterocycles. The van der Waals surface area contributed by atoms with Gasteiger partial charge in [-0.1, -0.05) is 30.3 Å². The second-order valence-electron chi connectivity index (χ2n) is 4.93. The number of benzene rings is 2. The molecule has 96 valence electrons. The minimum Gasteiger partial charge on any atom is -0.322 e. The SMILES string of the molecule is CC(C)(N)c1cccc2cccc(C(F)(F)F)c12. The molecule has 0 unspecified atom stereocenters. The van der Waals surface area contributed by atoms with Crippen LogP contribution in [0.2, 0.25) is 0 Å². The molecule has 2 rings (SSSR count). The van der Waals surface area contributed by atoms with E-state index >= 15 is 0 Å². The van der Waals surface area contributed by atoms with Gasteiger partial charge in [0, 0.05) is 5.54 Å². The van der Waals surface area contributed by atoms with Crippen LogP contribution < -0.4 is 5.73 Å². The normalized spacial score (nSPS) is 13.0. The van der Waals surface area contributed by atoms with E-state index in [1.165, 1.54) is 6.07 Å². The fourth-order valence-corrected chi connectivity index (χ4v) is 2.11. The smallest absolute Gasteiger partial charge is 0.322 e. The van der Waals surface area contributed by atoms with E-state index in [9.17, 15) is 13.2 Å². The third kappa shape index (κ3) is 2.20. The van der Waals surface area contributed by atoms with E-state index in [-0.39, 0.29) is 5.39 Å². The summed E-state index contributed by atoms with van der Waals surface area (Å²) < 4.78 is 39.1. The first-order valence-electron chi connectivity index (χ1n) is 5.59. The van der Waals surface area contributed by atoms with Gasteiger partial charge in [-0.2, -0.15) is 13.2 Å². The lowest BCUT2D eigenvalue weighted by atomic mass is 9.88. The third-order valence-corrected chi connectivity index (χ3v) is 2.90. The number of rotatable bonds is 1. The van der Waals surface area contributed by atoms with Crippen LogP contribution in [0, 0.1) is 0 Å². The van der Waals surface area contributed by atoms with Crippen LogP contribution >= 0.6 is 0 Å². The minimum atomic E-state index is -4.37. The van der Waals surface area contributed by atoms with Gasteiger partial charge in [-0.05, 0) is 36.2 Å². The molecule has 0 saturated heterocycles. The minimum absolute atomic E-state index is 0.194. The van der Waals surface area contributed by atoms with Gasteiger partial charge in [0.1, 0.15) is 0 Å². The summed E-state index contributed by atoms with van der Waals surface area (Å²) in [4.78, 5) is 0. The van der Waals surface area contributed by atoms with Crippen molar-refractivity contribution in [1.82, 2.24) is 0 Å². The predicted molar refractivity (Wildman–Crippen MR) is 66.2 cm³/mol. The largest absolute Gasteiger partial charge is 0.417 e. The van der Waals surface area contributed by atoms with E-state index in [4.69, 9.17) is 5.73 Å².